The number of carbonyl (C=O) groups is 1. The van der Waals surface area contributed by atoms with E-state index in [1.54, 1.807) is 25.1 Å². The van der Waals surface area contributed by atoms with Crippen LogP contribution in [0.5, 0.6) is 0 Å². The van der Waals surface area contributed by atoms with Crippen LogP contribution >= 0.6 is 0 Å². The van der Waals surface area contributed by atoms with Gasteiger partial charge in [-0.3, -0.25) is 4.79 Å². The molecule has 58 heavy (non-hydrogen) atoms. The normalized spacial score (nSPS) is 53.6. The van der Waals surface area contributed by atoms with Gasteiger partial charge in [0.15, 0.2) is 0 Å². The molecule has 6 N–H and O–H groups in total. The second-order valence-electron chi connectivity index (χ2n) is 21.8. The van der Waals surface area contributed by atoms with Crippen LogP contribution in [0.2, 0.25) is 0 Å². The molecule has 0 amide bonds. The van der Waals surface area contributed by atoms with Crippen LogP contribution in [0.25, 0.3) is 0 Å². The van der Waals surface area contributed by atoms with Crippen molar-refractivity contribution >= 4 is 17.5 Å². The summed E-state index contributed by atoms with van der Waals surface area (Å²) in [6, 6.07) is 3.87. The molecule has 2 spiro atoms. The molecule has 0 unspecified atom stereocenters. The number of ether oxygens (including phenoxy) is 2. The Bertz CT molecular complexity index is 2050. The van der Waals surface area contributed by atoms with Gasteiger partial charge in [0.2, 0.25) is 5.96 Å². The summed E-state index contributed by atoms with van der Waals surface area (Å²) >= 11 is 0. The lowest BCUT2D eigenvalue weighted by atomic mass is 9.43. The van der Waals surface area contributed by atoms with Crippen LogP contribution in [0.1, 0.15) is 142 Å². The van der Waals surface area contributed by atoms with Crippen LogP contribution in [0.3, 0.4) is 0 Å². The minimum absolute atomic E-state index is 0.0264. The minimum Gasteiger partial charge on any atom is -0.472 e. The van der Waals surface area contributed by atoms with Gasteiger partial charge in [0, 0.05) is 53.4 Å². The first-order chi connectivity index (χ1) is 27.6. The molecule has 12 rings (SSSR count). The first-order valence-electron chi connectivity index (χ1n) is 22.6. The number of guanidine groups is 1. The fourth-order valence-electron chi connectivity index (χ4n) is 17.1. The molecule has 8 saturated carbocycles. The molecule has 0 aromatic carbocycles. The van der Waals surface area contributed by atoms with Gasteiger partial charge < -0.3 is 40.0 Å². The lowest BCUT2D eigenvalue weighted by Gasteiger charge is -2.61. The summed E-state index contributed by atoms with van der Waals surface area (Å²) in [6.07, 6.45) is 23.0. The van der Waals surface area contributed by atoms with E-state index in [-0.39, 0.29) is 51.0 Å². The molecule has 8 aliphatic carbocycles. The van der Waals surface area contributed by atoms with Gasteiger partial charge in [0.05, 0.1) is 37.3 Å². The molecule has 2 aromatic rings. The van der Waals surface area contributed by atoms with Gasteiger partial charge in [-0.05, 0) is 136 Å². The van der Waals surface area contributed by atoms with Crippen molar-refractivity contribution in [3.8, 4) is 0 Å². The van der Waals surface area contributed by atoms with E-state index in [0.717, 1.165) is 100 Å². The molecule has 2 saturated heterocycles. The fourth-order valence-corrected chi connectivity index (χ4v) is 17.1. The second-order valence-corrected chi connectivity index (χ2v) is 21.8. The Morgan fingerprint density at radius 3 is 1.66 bits per heavy atom. The van der Waals surface area contributed by atoms with Crippen molar-refractivity contribution < 1.29 is 33.3 Å². The molecule has 0 radical (unpaired) electrons. The zero-order chi connectivity index (χ0) is 40.3. The molecule has 10 aliphatic rings. The van der Waals surface area contributed by atoms with Gasteiger partial charge in [0.1, 0.15) is 28.2 Å². The Morgan fingerprint density at radius 2 is 1.17 bits per heavy atom. The van der Waals surface area contributed by atoms with Crippen LogP contribution in [0.4, 0.5) is 0 Å². The van der Waals surface area contributed by atoms with Crippen molar-refractivity contribution in [2.24, 2.45) is 78.8 Å². The molecule has 0 bridgehead atoms. The zero-order valence-corrected chi connectivity index (χ0v) is 34.9. The Balaban J connectivity index is 0.000000134. The predicted octanol–water partition coefficient (Wildman–Crippen LogP) is 7.48. The van der Waals surface area contributed by atoms with Gasteiger partial charge in [-0.2, -0.15) is 5.10 Å². The summed E-state index contributed by atoms with van der Waals surface area (Å²) in [4.78, 5) is 12.1. The van der Waals surface area contributed by atoms with Gasteiger partial charge in [-0.1, -0.05) is 27.7 Å². The molecular weight excluding hydrogens is 733 g/mol. The van der Waals surface area contributed by atoms with E-state index in [9.17, 15) is 15.0 Å². The summed E-state index contributed by atoms with van der Waals surface area (Å²) in [5, 5.41) is 32.0. The van der Waals surface area contributed by atoms with Crippen LogP contribution in [-0.4, -0.2) is 51.1 Å². The van der Waals surface area contributed by atoms with Gasteiger partial charge >= 0.3 is 0 Å². The number of nitrogens with zero attached hydrogens (tertiary/aromatic N) is 2. The zero-order valence-electron chi connectivity index (χ0n) is 34.9. The van der Waals surface area contributed by atoms with E-state index in [1.165, 1.54) is 6.42 Å². The van der Waals surface area contributed by atoms with Crippen molar-refractivity contribution in [1.29, 1.82) is 0 Å². The lowest BCUT2D eigenvalue weighted by Crippen LogP contribution is -2.61. The molecule has 10 fully saturated rings. The molecular formula is C47H64N4O7. The number of hydrogen-bond acceptors (Lipinski definition) is 9. The Labute approximate surface area is 342 Å². The van der Waals surface area contributed by atoms with Crippen molar-refractivity contribution in [2.75, 3.05) is 0 Å². The number of hydrogen-bond donors (Lipinski definition) is 4. The molecule has 2 aromatic heterocycles. The highest BCUT2D eigenvalue weighted by molar-refractivity contribution is 5.86. The van der Waals surface area contributed by atoms with Crippen LogP contribution < -0.4 is 11.5 Å². The quantitative estimate of drug-likeness (QED) is 0.106. The summed E-state index contributed by atoms with van der Waals surface area (Å²) in [5.74, 6) is 3.92. The Morgan fingerprint density at radius 1 is 0.672 bits per heavy atom. The number of aliphatic hydroxyl groups is 2. The van der Waals surface area contributed by atoms with Gasteiger partial charge in [0.25, 0.3) is 0 Å². The molecule has 16 atom stereocenters. The number of ketones is 1. The molecule has 11 heteroatoms. The highest BCUT2D eigenvalue weighted by Gasteiger charge is 2.86. The van der Waals surface area contributed by atoms with E-state index < -0.39 is 11.2 Å². The van der Waals surface area contributed by atoms with E-state index in [1.807, 2.05) is 12.1 Å². The summed E-state index contributed by atoms with van der Waals surface area (Å²) in [6.45, 7) is 9.50. The van der Waals surface area contributed by atoms with Crippen LogP contribution in [0, 0.1) is 57.2 Å². The SMILES string of the molecule is C[C@]12CC/C(=N\N=C(N)N)C[C@H]1CC[C@@H]1[C@@H]2CC[C@@]2(C)[C@@]13O[C@@H]3C[C@]2(O)c1ccoc1.C[C@]12CCC(=O)C[C@H]1CC[C@@H]1[C@@H]2CC[C@@]2(C)[C@@]13O[C@@H]3C[C@]2(O)c1ccoc1. The first kappa shape index (κ1) is 38.0. The molecule has 314 valence electrons. The monoisotopic (exact) mass is 796 g/mol. The Kier molecular flexibility index (Phi) is 7.92. The van der Waals surface area contributed by atoms with Crippen LogP contribution in [-0.2, 0) is 25.5 Å². The lowest BCUT2D eigenvalue weighted by molar-refractivity contribution is -0.190. The maximum Gasteiger partial charge on any atom is 0.211 e. The highest BCUT2D eigenvalue weighted by atomic mass is 16.6. The number of epoxide rings is 2. The number of fused-ring (bicyclic) bond motifs is 6. The standard InChI is InChI=1S/C24H34N4O3.C23H30O4/c1-21-8-5-16(27-28-20(25)26)11-14(21)3-4-18-17(21)6-9-22(2)23(29,15-7-10-30-13-15)12-19-24(18,22)31-19;1-20-8-5-16(24)11-14(20)3-4-18-17(20)6-9-21(2)22(25,15-7-10-26-13-15)12-19-23(18,21)27-19/h7,10,13-14,17-19,29H,3-6,8-9,11-12H2,1-2H3,(H4,25,26,28);7,10,13-14,17-19,25H,3-6,8-9,11-12H2,1-2H3/b27-16+;/t14-,17+,18-,19-,21+,22-,23+,24-;14-,17+,18-,19-,20+,21-,22+,23-/m11/s1. The van der Waals surface area contributed by atoms with E-state index in [2.05, 4.69) is 37.9 Å². The summed E-state index contributed by atoms with van der Waals surface area (Å²) in [5.41, 5.74) is 11.8. The third-order valence-corrected chi connectivity index (χ3v) is 20.4. The smallest absolute Gasteiger partial charge is 0.211 e. The second kappa shape index (κ2) is 12.1. The fraction of sp³-hybridized carbons (Fsp3) is 0.766. The topological polar surface area (TPSA) is 186 Å². The van der Waals surface area contributed by atoms with Crippen molar-refractivity contribution in [3.05, 3.63) is 48.3 Å². The minimum atomic E-state index is -0.863. The predicted molar refractivity (Wildman–Crippen MR) is 216 cm³/mol. The average Bonchev–Trinajstić information content (AvgIpc) is 3.70. The summed E-state index contributed by atoms with van der Waals surface area (Å²) < 4.78 is 23.8. The van der Waals surface area contributed by atoms with Gasteiger partial charge in [-0.25, -0.2) is 0 Å². The molecule has 4 heterocycles. The van der Waals surface area contributed by atoms with Gasteiger partial charge in [-0.15, -0.1) is 5.10 Å². The number of nitrogens with two attached hydrogens (primary N) is 2. The third kappa shape index (κ3) is 4.53. The summed E-state index contributed by atoms with van der Waals surface area (Å²) in [7, 11) is 0. The molecule has 2 aliphatic heterocycles. The maximum absolute atomic E-state index is 12.1. The van der Waals surface area contributed by atoms with Crippen molar-refractivity contribution in [3.63, 3.8) is 0 Å². The average molecular weight is 797 g/mol. The van der Waals surface area contributed by atoms with E-state index in [0.29, 0.717) is 54.1 Å². The largest absolute Gasteiger partial charge is 0.472 e. The first-order valence-corrected chi connectivity index (χ1v) is 22.6. The Hall–Kier alpha value is -2.99. The number of rotatable bonds is 3. The van der Waals surface area contributed by atoms with E-state index >= 15 is 0 Å². The highest BCUT2D eigenvalue weighted by Crippen LogP contribution is 2.80. The number of carbonyl (C=O) groups excluding carboxylic acids is 1. The van der Waals surface area contributed by atoms with Crippen molar-refractivity contribution in [1.82, 2.24) is 0 Å². The van der Waals surface area contributed by atoms with E-state index in [4.69, 9.17) is 29.8 Å². The third-order valence-electron chi connectivity index (χ3n) is 20.4. The molecule has 11 nitrogen and oxygen atoms in total. The number of furan rings is 2. The number of Topliss-reactive ketones (excluding diaryl/α,β-unsaturated/α-hetero) is 1. The van der Waals surface area contributed by atoms with Crippen LogP contribution in [0.15, 0.2) is 56.2 Å². The van der Waals surface area contributed by atoms with Crippen molar-refractivity contribution in [2.45, 2.75) is 165 Å². The maximum atomic E-state index is 12.1.